The number of nitrogens with two attached hydrogens (primary N) is 1. The van der Waals surface area contributed by atoms with Gasteiger partial charge in [0.1, 0.15) is 0 Å². The van der Waals surface area contributed by atoms with Gasteiger partial charge in [-0.3, -0.25) is 0 Å². The first-order valence-corrected chi connectivity index (χ1v) is 2.87. The number of guanidine groups is 1. The van der Waals surface area contributed by atoms with Crippen molar-refractivity contribution in [2.45, 2.75) is 0 Å². The highest BCUT2D eigenvalue weighted by Crippen LogP contribution is 1.73. The van der Waals surface area contributed by atoms with Crippen molar-refractivity contribution in [3.05, 3.63) is 0 Å². The lowest BCUT2D eigenvalue weighted by atomic mass is 10.8. The zero-order valence-electron chi connectivity index (χ0n) is 5.46. The number of rotatable bonds is 2. The molecule has 9 heavy (non-hydrogen) atoms. The Morgan fingerprint density at radius 3 is 2.78 bits per heavy atom. The van der Waals surface area contributed by atoms with Gasteiger partial charge >= 0.3 is 0 Å². The summed E-state index contributed by atoms with van der Waals surface area (Å²) in [5.41, 5.74) is 9.30. The van der Waals surface area contributed by atoms with Crippen molar-refractivity contribution < 1.29 is 0 Å². The number of hydrazone groups is 1. The van der Waals surface area contributed by atoms with Gasteiger partial charge in [-0.15, -0.1) is 5.10 Å². The molecule has 0 aliphatic rings. The van der Waals surface area contributed by atoms with Crippen LogP contribution >= 0.6 is 12.2 Å². The normalized spacial score (nSPS) is 10.7. The molecule has 3 N–H and O–H groups in total. The van der Waals surface area contributed by atoms with Gasteiger partial charge in [-0.1, -0.05) is 12.2 Å². The summed E-state index contributed by atoms with van der Waals surface area (Å²) < 4.78 is 0. The van der Waals surface area contributed by atoms with E-state index in [9.17, 15) is 0 Å². The van der Waals surface area contributed by atoms with E-state index in [1.54, 1.807) is 14.1 Å². The van der Waals surface area contributed by atoms with Gasteiger partial charge in [0.15, 0.2) is 0 Å². The summed E-state index contributed by atoms with van der Waals surface area (Å²) in [4.78, 5) is 1.53. The monoisotopic (exact) mass is 146 g/mol. The Labute approximate surface area is 59.7 Å². The van der Waals surface area contributed by atoms with E-state index in [-0.39, 0.29) is 0 Å². The molecular formula is C4H10N4S. The van der Waals surface area contributed by atoms with Crippen LogP contribution in [0.25, 0.3) is 0 Å². The predicted molar refractivity (Wildman–Crippen MR) is 42.1 cm³/mol. The fraction of sp³-hybridized carbons (Fsp3) is 0.500. The molecule has 0 bridgehead atoms. The van der Waals surface area contributed by atoms with E-state index >= 15 is 0 Å². The first kappa shape index (κ1) is 8.16. The van der Waals surface area contributed by atoms with Crippen molar-refractivity contribution in [2.75, 3.05) is 14.1 Å². The number of hydrogen-bond donors (Lipinski definition) is 2. The maximum atomic E-state index is 5.35. The Morgan fingerprint density at radius 2 is 2.44 bits per heavy atom. The molecule has 0 radical (unpaired) electrons. The van der Waals surface area contributed by atoms with Crippen LogP contribution in [0.3, 0.4) is 0 Å². The van der Waals surface area contributed by atoms with Crippen LogP contribution in [0.5, 0.6) is 0 Å². The van der Waals surface area contributed by atoms with Crippen LogP contribution in [0.1, 0.15) is 0 Å². The Hall–Kier alpha value is -0.840. The summed E-state index contributed by atoms with van der Waals surface area (Å²) >= 11 is 4.58. The molecule has 0 spiro atoms. The van der Waals surface area contributed by atoms with Gasteiger partial charge in [-0.25, -0.2) is 0 Å². The Balaban J connectivity index is 3.84. The van der Waals surface area contributed by atoms with E-state index in [2.05, 4.69) is 22.7 Å². The molecule has 0 fully saturated rings. The van der Waals surface area contributed by atoms with E-state index in [1.807, 2.05) is 0 Å². The van der Waals surface area contributed by atoms with Gasteiger partial charge in [-0.05, 0) is 0 Å². The van der Waals surface area contributed by atoms with Crippen LogP contribution in [0.15, 0.2) is 5.10 Å². The molecule has 0 rings (SSSR count). The number of hydrogen-bond acceptors (Lipinski definition) is 3. The number of nitrogens with one attached hydrogen (secondary N) is 1. The lowest BCUT2D eigenvalue weighted by Gasteiger charge is -2.08. The smallest absolute Gasteiger partial charge is 0.218 e. The molecule has 0 aromatic heterocycles. The first-order valence-electron chi connectivity index (χ1n) is 2.40. The zero-order chi connectivity index (χ0) is 7.28. The van der Waals surface area contributed by atoms with Crippen LogP contribution in [-0.2, 0) is 0 Å². The molecule has 5 heteroatoms. The van der Waals surface area contributed by atoms with Crippen molar-refractivity contribution in [2.24, 2.45) is 10.8 Å². The quantitative estimate of drug-likeness (QED) is 0.235. The van der Waals surface area contributed by atoms with Crippen molar-refractivity contribution in [1.29, 1.82) is 0 Å². The highest BCUT2D eigenvalue weighted by molar-refractivity contribution is 7.78. The van der Waals surface area contributed by atoms with Gasteiger partial charge < -0.3 is 16.1 Å². The van der Waals surface area contributed by atoms with Crippen molar-refractivity contribution in [1.82, 2.24) is 10.3 Å². The second-order valence-corrected chi connectivity index (χ2v) is 1.62. The Bertz CT molecular complexity index is 122. The molecule has 4 nitrogen and oxygen atoms in total. The van der Waals surface area contributed by atoms with Gasteiger partial charge in [0, 0.05) is 14.1 Å². The van der Waals surface area contributed by atoms with E-state index < -0.39 is 0 Å². The number of thiocarbonyl (C=S) groups is 1. The molecule has 0 heterocycles. The Morgan fingerprint density at radius 1 is 1.89 bits per heavy atom. The lowest BCUT2D eigenvalue weighted by molar-refractivity contribution is 0.744. The molecule has 0 aliphatic carbocycles. The summed E-state index contributed by atoms with van der Waals surface area (Å²) in [5, 5.41) is 3.67. The van der Waals surface area contributed by atoms with Crippen molar-refractivity contribution >= 4 is 23.7 Å². The maximum absolute atomic E-state index is 5.35. The summed E-state index contributed by atoms with van der Waals surface area (Å²) in [6.07, 6.45) is 0. The van der Waals surface area contributed by atoms with Gasteiger partial charge in [-0.2, -0.15) is 0 Å². The minimum absolute atomic E-state index is 0.354. The molecule has 0 saturated carbocycles. The average molecular weight is 146 g/mol. The summed E-state index contributed by atoms with van der Waals surface area (Å²) in [6.45, 7) is 0. The second-order valence-electron chi connectivity index (χ2n) is 1.41. The molecule has 0 aromatic rings. The maximum Gasteiger partial charge on any atom is 0.218 e. The van der Waals surface area contributed by atoms with Crippen LogP contribution in [-0.4, -0.2) is 30.4 Å². The summed E-state index contributed by atoms with van der Waals surface area (Å²) in [5.74, 6) is 0.354. The van der Waals surface area contributed by atoms with Crippen LogP contribution < -0.4 is 11.2 Å². The molecule has 0 atom stereocenters. The van der Waals surface area contributed by atoms with Crippen LogP contribution in [0.2, 0.25) is 0 Å². The lowest BCUT2D eigenvalue weighted by Crippen LogP contribution is -2.33. The largest absolute Gasteiger partial charge is 0.368 e. The molecule has 0 aromatic carbocycles. The molecular weight excluding hydrogens is 136 g/mol. The zero-order valence-corrected chi connectivity index (χ0v) is 6.27. The van der Waals surface area contributed by atoms with Gasteiger partial charge in [0.2, 0.25) is 5.96 Å². The highest BCUT2D eigenvalue weighted by Gasteiger charge is 1.92. The average Bonchev–Trinajstić information content (AvgIpc) is 1.87. The third-order valence-electron chi connectivity index (χ3n) is 0.746. The second kappa shape index (κ2) is 4.08. The predicted octanol–water partition coefficient (Wildman–Crippen LogP) is -0.675. The van der Waals surface area contributed by atoms with Gasteiger partial charge in [0.25, 0.3) is 0 Å². The van der Waals surface area contributed by atoms with Crippen molar-refractivity contribution in [3.63, 3.8) is 0 Å². The SMILES string of the molecule is CN/N=C(/N)N(C)C=S. The fourth-order valence-electron chi connectivity index (χ4n) is 0.247. The van der Waals surface area contributed by atoms with Gasteiger partial charge in [0.05, 0.1) is 5.49 Å². The summed E-state index contributed by atoms with van der Waals surface area (Å²) in [7, 11) is 3.40. The minimum Gasteiger partial charge on any atom is -0.368 e. The third-order valence-corrected chi connectivity index (χ3v) is 1.06. The summed E-state index contributed by atoms with van der Waals surface area (Å²) in [6, 6.07) is 0. The topological polar surface area (TPSA) is 53.6 Å². The van der Waals surface area contributed by atoms with E-state index in [0.29, 0.717) is 5.96 Å². The highest BCUT2D eigenvalue weighted by atomic mass is 32.1. The molecule has 0 unspecified atom stereocenters. The number of nitrogens with zero attached hydrogens (tertiary/aromatic N) is 2. The first-order chi connectivity index (χ1) is 4.22. The van der Waals surface area contributed by atoms with E-state index in [0.717, 1.165) is 0 Å². The molecule has 0 amide bonds. The molecule has 0 aliphatic heterocycles. The van der Waals surface area contributed by atoms with Crippen LogP contribution in [0.4, 0.5) is 0 Å². The van der Waals surface area contributed by atoms with E-state index in [4.69, 9.17) is 5.73 Å². The Kier molecular flexibility index (Phi) is 3.70. The van der Waals surface area contributed by atoms with Crippen molar-refractivity contribution in [3.8, 4) is 0 Å². The molecule has 0 saturated heterocycles. The third kappa shape index (κ3) is 2.86. The van der Waals surface area contributed by atoms with E-state index in [1.165, 1.54) is 10.4 Å². The molecule has 52 valence electrons. The fourth-order valence-corrected chi connectivity index (χ4v) is 0.355. The van der Waals surface area contributed by atoms with Crippen LogP contribution in [0, 0.1) is 0 Å². The standard InChI is InChI=1S/C4H10N4S/c1-6-7-4(5)8(2)3-9/h3,6H,1-2H3,(H2,5,7). The minimum atomic E-state index is 0.354.